The van der Waals surface area contributed by atoms with Crippen LogP contribution in [0.1, 0.15) is 26.4 Å². The van der Waals surface area contributed by atoms with Crippen molar-refractivity contribution in [2.24, 2.45) is 5.10 Å². The van der Waals surface area contributed by atoms with E-state index in [9.17, 15) is 9.59 Å². The van der Waals surface area contributed by atoms with Gasteiger partial charge < -0.3 is 15.5 Å². The molecule has 1 aliphatic heterocycles. The van der Waals surface area contributed by atoms with Gasteiger partial charge in [-0.05, 0) is 12.1 Å². The number of benzene rings is 1. The second-order valence-corrected chi connectivity index (χ2v) is 4.10. The van der Waals surface area contributed by atoms with Gasteiger partial charge in [-0.25, -0.2) is 10.2 Å². The summed E-state index contributed by atoms with van der Waals surface area (Å²) in [5.74, 6) is -0.903. The van der Waals surface area contributed by atoms with Gasteiger partial charge in [0.15, 0.2) is 0 Å². The Morgan fingerprint density at radius 3 is 2.85 bits per heavy atom. The smallest absolute Gasteiger partial charge is 0.355 e. The molecule has 0 saturated carbocycles. The molecule has 8 heteroatoms. The molecule has 0 bridgehead atoms. The lowest BCUT2D eigenvalue weighted by molar-refractivity contribution is 0.0595. The van der Waals surface area contributed by atoms with Gasteiger partial charge in [0.05, 0.1) is 18.9 Å². The molecule has 0 spiro atoms. The number of nitrogens with two attached hydrogens (primary N) is 1. The number of anilines is 1. The average molecular weight is 295 g/mol. The summed E-state index contributed by atoms with van der Waals surface area (Å²) in [4.78, 5) is 26.5. The van der Waals surface area contributed by atoms with Crippen molar-refractivity contribution in [2.45, 2.75) is 0 Å². The van der Waals surface area contributed by atoms with E-state index in [1.165, 1.54) is 13.3 Å². The summed E-state index contributed by atoms with van der Waals surface area (Å²) in [6.07, 6.45) is 1.41. The van der Waals surface area contributed by atoms with Gasteiger partial charge in [-0.15, -0.1) is 12.4 Å². The molecule has 0 radical (unpaired) electrons. The van der Waals surface area contributed by atoms with Gasteiger partial charge in [-0.3, -0.25) is 4.79 Å². The molecule has 1 aromatic carbocycles. The minimum absolute atomic E-state index is 0. The number of halogens is 1. The molecule has 3 rings (SSSR count). The Morgan fingerprint density at radius 1 is 1.40 bits per heavy atom. The van der Waals surface area contributed by atoms with Crippen LogP contribution >= 0.6 is 12.4 Å². The van der Waals surface area contributed by atoms with Crippen molar-refractivity contribution in [3.63, 3.8) is 0 Å². The van der Waals surface area contributed by atoms with E-state index in [-0.39, 0.29) is 24.0 Å². The van der Waals surface area contributed by atoms with Crippen molar-refractivity contribution in [1.29, 1.82) is 0 Å². The number of amides is 1. The second-order valence-electron chi connectivity index (χ2n) is 4.10. The number of nitrogen functional groups attached to an aromatic ring is 1. The first kappa shape index (κ1) is 13.9. The second kappa shape index (κ2) is 4.86. The number of rotatable bonds is 1. The summed E-state index contributed by atoms with van der Waals surface area (Å²) in [5, 5.41) is 4.38. The molecule has 2 aromatic rings. The Balaban J connectivity index is 0.00000147. The molecule has 0 saturated heterocycles. The van der Waals surface area contributed by atoms with Crippen LogP contribution in [0.4, 0.5) is 5.69 Å². The highest BCUT2D eigenvalue weighted by molar-refractivity contribution is 6.18. The average Bonchev–Trinajstić information content (AvgIpc) is 2.66. The largest absolute Gasteiger partial charge is 0.464 e. The Hall–Kier alpha value is -2.54. The monoisotopic (exact) mass is 294 g/mol. The zero-order valence-corrected chi connectivity index (χ0v) is 11.2. The summed E-state index contributed by atoms with van der Waals surface area (Å²) >= 11 is 0. The number of aromatic nitrogens is 1. The van der Waals surface area contributed by atoms with E-state index in [2.05, 4.69) is 15.5 Å². The van der Waals surface area contributed by atoms with Gasteiger partial charge in [0.2, 0.25) is 0 Å². The van der Waals surface area contributed by atoms with E-state index in [0.29, 0.717) is 27.7 Å². The van der Waals surface area contributed by atoms with E-state index in [0.717, 1.165) is 0 Å². The van der Waals surface area contributed by atoms with Crippen LogP contribution in [-0.4, -0.2) is 30.2 Å². The molecule has 1 aliphatic rings. The van der Waals surface area contributed by atoms with Crippen LogP contribution in [0.2, 0.25) is 0 Å². The van der Waals surface area contributed by atoms with E-state index in [4.69, 9.17) is 10.5 Å². The third kappa shape index (κ3) is 1.88. The number of H-pyrrole nitrogens is 1. The normalized spacial score (nSPS) is 12.6. The molecule has 4 N–H and O–H groups in total. The molecule has 1 aromatic heterocycles. The number of hydrazone groups is 1. The fourth-order valence-corrected chi connectivity index (χ4v) is 2.17. The number of carbonyl (C=O) groups is 2. The maximum absolute atomic E-state index is 11.9. The van der Waals surface area contributed by atoms with Crippen molar-refractivity contribution < 1.29 is 14.3 Å². The summed E-state index contributed by atoms with van der Waals surface area (Å²) in [6.45, 7) is 0. The Bertz CT molecular complexity index is 751. The van der Waals surface area contributed by atoms with E-state index < -0.39 is 5.97 Å². The summed E-state index contributed by atoms with van der Waals surface area (Å²) in [6, 6.07) is 3.20. The van der Waals surface area contributed by atoms with Gasteiger partial charge >= 0.3 is 5.97 Å². The first-order valence-corrected chi connectivity index (χ1v) is 5.48. The minimum atomic E-state index is -0.531. The molecule has 0 atom stereocenters. The van der Waals surface area contributed by atoms with Crippen molar-refractivity contribution in [1.82, 2.24) is 10.4 Å². The van der Waals surface area contributed by atoms with E-state index >= 15 is 0 Å². The minimum Gasteiger partial charge on any atom is -0.464 e. The molecule has 2 heterocycles. The zero-order chi connectivity index (χ0) is 13.6. The Labute approximate surface area is 119 Å². The number of nitrogens with one attached hydrogen (secondary N) is 2. The first-order chi connectivity index (χ1) is 9.11. The number of aromatic amines is 1. The van der Waals surface area contributed by atoms with Gasteiger partial charge in [0.25, 0.3) is 5.91 Å². The van der Waals surface area contributed by atoms with Gasteiger partial charge in [-0.2, -0.15) is 5.10 Å². The van der Waals surface area contributed by atoms with Gasteiger partial charge in [-0.1, -0.05) is 0 Å². The summed E-state index contributed by atoms with van der Waals surface area (Å²) in [7, 11) is 1.28. The lowest BCUT2D eigenvalue weighted by atomic mass is 10.0. The highest BCUT2D eigenvalue weighted by Gasteiger charge is 2.24. The zero-order valence-electron chi connectivity index (χ0n) is 10.4. The molecule has 20 heavy (non-hydrogen) atoms. The number of esters is 1. The topological polar surface area (TPSA) is 110 Å². The molecule has 0 fully saturated rings. The molecule has 0 unspecified atom stereocenters. The van der Waals surface area contributed by atoms with Crippen molar-refractivity contribution in [3.8, 4) is 0 Å². The number of nitrogens with zero attached hydrogens (tertiary/aromatic N) is 1. The van der Waals surface area contributed by atoms with Crippen LogP contribution in [-0.2, 0) is 4.74 Å². The highest BCUT2D eigenvalue weighted by atomic mass is 35.5. The van der Waals surface area contributed by atoms with Crippen LogP contribution in [0, 0.1) is 0 Å². The Kier molecular flexibility index (Phi) is 3.37. The first-order valence-electron chi connectivity index (χ1n) is 5.48. The molecule has 104 valence electrons. The van der Waals surface area contributed by atoms with Crippen LogP contribution in [0.25, 0.3) is 10.9 Å². The highest BCUT2D eigenvalue weighted by Crippen LogP contribution is 2.29. The SMILES string of the molecule is COC(=O)c1[nH]c2cc(N)cc3c2c1C=NNC3=O.Cl. The molecule has 0 aliphatic carbocycles. The number of carbonyl (C=O) groups excluding carboxylic acids is 2. The molecular formula is C12H11ClN4O3. The maximum Gasteiger partial charge on any atom is 0.355 e. The molecule has 1 amide bonds. The Morgan fingerprint density at radius 2 is 2.15 bits per heavy atom. The van der Waals surface area contributed by atoms with Crippen LogP contribution in [0.3, 0.4) is 0 Å². The van der Waals surface area contributed by atoms with Crippen LogP contribution in [0.15, 0.2) is 17.2 Å². The lowest BCUT2D eigenvalue weighted by Crippen LogP contribution is -2.16. The quantitative estimate of drug-likeness (QED) is 0.539. The fraction of sp³-hybridized carbons (Fsp3) is 0.0833. The summed E-state index contributed by atoms with van der Waals surface area (Å²) < 4.78 is 4.70. The van der Waals surface area contributed by atoms with Crippen molar-refractivity contribution >= 4 is 47.1 Å². The number of hydrogen-bond donors (Lipinski definition) is 3. The van der Waals surface area contributed by atoms with Crippen molar-refractivity contribution in [3.05, 3.63) is 29.0 Å². The van der Waals surface area contributed by atoms with Gasteiger partial charge in [0.1, 0.15) is 5.69 Å². The van der Waals surface area contributed by atoms with Crippen molar-refractivity contribution in [2.75, 3.05) is 12.8 Å². The number of ether oxygens (including phenoxy) is 1. The molecule has 7 nitrogen and oxygen atoms in total. The number of hydrogen-bond acceptors (Lipinski definition) is 5. The van der Waals surface area contributed by atoms with Crippen LogP contribution in [0.5, 0.6) is 0 Å². The van der Waals surface area contributed by atoms with Gasteiger partial charge in [0, 0.05) is 22.2 Å². The molecular weight excluding hydrogens is 284 g/mol. The van der Waals surface area contributed by atoms with E-state index in [1.54, 1.807) is 12.1 Å². The van der Waals surface area contributed by atoms with E-state index in [1.807, 2.05) is 0 Å². The third-order valence-corrected chi connectivity index (χ3v) is 2.95. The maximum atomic E-state index is 11.9. The standard InChI is InChI=1S/C12H10N4O3.ClH/c1-19-12(18)10-7-4-14-16-11(17)6-2-5(13)3-8(15-10)9(6)7;/h2-4,15H,13H2,1H3,(H,16,17);1H. The number of methoxy groups -OCH3 is 1. The third-order valence-electron chi connectivity index (χ3n) is 2.95. The fourth-order valence-electron chi connectivity index (χ4n) is 2.17. The predicted molar refractivity (Wildman–Crippen MR) is 76.4 cm³/mol. The summed E-state index contributed by atoms with van der Waals surface area (Å²) in [5.41, 5.74) is 10.2. The van der Waals surface area contributed by atoms with Crippen LogP contribution < -0.4 is 11.2 Å². The predicted octanol–water partition coefficient (Wildman–Crippen LogP) is 1.04. The lowest BCUT2D eigenvalue weighted by Gasteiger charge is -2.02.